The van der Waals surface area contributed by atoms with Gasteiger partial charge in [-0.05, 0) is 25.7 Å². The second-order valence-corrected chi connectivity index (χ2v) is 6.47. The Kier molecular flexibility index (Phi) is 5.04. The minimum Gasteiger partial charge on any atom is -0.393 e. The lowest BCUT2D eigenvalue weighted by Crippen LogP contribution is -2.31. The van der Waals surface area contributed by atoms with Crippen LogP contribution in [0.4, 0.5) is 0 Å². The third-order valence-corrected chi connectivity index (χ3v) is 4.25. The normalized spacial score (nSPS) is 20.3. The molecule has 1 saturated heterocycles. The quantitative estimate of drug-likeness (QED) is 0.902. The van der Waals surface area contributed by atoms with E-state index < -0.39 is 0 Å². The molecule has 0 saturated carbocycles. The molecule has 1 aliphatic heterocycles. The van der Waals surface area contributed by atoms with Crippen molar-refractivity contribution in [3.05, 3.63) is 17.5 Å². The number of amides is 1. The van der Waals surface area contributed by atoms with Crippen LogP contribution in [0.25, 0.3) is 0 Å². The highest BCUT2D eigenvalue weighted by Gasteiger charge is 2.31. The molecule has 0 bridgehead atoms. The average Bonchev–Trinajstić information content (AvgIpc) is 3.03. The molecule has 1 fully saturated rings. The van der Waals surface area contributed by atoms with Gasteiger partial charge in [-0.1, -0.05) is 20.8 Å². The summed E-state index contributed by atoms with van der Waals surface area (Å²) < 4.78 is 1.96. The fourth-order valence-electron chi connectivity index (χ4n) is 3.00. The summed E-state index contributed by atoms with van der Waals surface area (Å²) in [7, 11) is 0. The Morgan fingerprint density at radius 3 is 2.71 bits per heavy atom. The van der Waals surface area contributed by atoms with Gasteiger partial charge in [0.1, 0.15) is 0 Å². The number of aromatic nitrogens is 2. The van der Waals surface area contributed by atoms with E-state index in [4.69, 9.17) is 0 Å². The first-order valence-electron chi connectivity index (χ1n) is 7.96. The summed E-state index contributed by atoms with van der Waals surface area (Å²) >= 11 is 0. The van der Waals surface area contributed by atoms with E-state index in [1.807, 2.05) is 9.58 Å². The second kappa shape index (κ2) is 6.60. The van der Waals surface area contributed by atoms with E-state index in [1.165, 1.54) is 0 Å². The molecule has 0 radical (unpaired) electrons. The minimum absolute atomic E-state index is 0.0602. The maximum absolute atomic E-state index is 12.7. The van der Waals surface area contributed by atoms with Crippen molar-refractivity contribution in [1.82, 2.24) is 14.7 Å². The maximum Gasteiger partial charge on any atom is 0.257 e. The Bertz CT molecular complexity index is 494. The largest absolute Gasteiger partial charge is 0.393 e. The number of nitrogens with zero attached hydrogens (tertiary/aromatic N) is 3. The Labute approximate surface area is 126 Å². The lowest BCUT2D eigenvalue weighted by atomic mass is 10.0. The van der Waals surface area contributed by atoms with Crippen LogP contribution in [0.2, 0.25) is 0 Å². The maximum atomic E-state index is 12.7. The number of carbonyl (C=O) groups is 1. The second-order valence-electron chi connectivity index (χ2n) is 6.47. The smallest absolute Gasteiger partial charge is 0.257 e. The van der Waals surface area contributed by atoms with Gasteiger partial charge in [0.25, 0.3) is 5.91 Å². The molecular formula is C16H27N3O2. The van der Waals surface area contributed by atoms with Gasteiger partial charge in [0.15, 0.2) is 0 Å². The average molecular weight is 293 g/mol. The molecule has 5 heteroatoms. The van der Waals surface area contributed by atoms with E-state index in [0.717, 1.165) is 37.2 Å². The first kappa shape index (κ1) is 16.0. The number of aliphatic hydroxyl groups excluding tert-OH is 1. The predicted octanol–water partition coefficient (Wildman–Crippen LogP) is 1.94. The topological polar surface area (TPSA) is 58.4 Å². The van der Waals surface area contributed by atoms with Gasteiger partial charge in [0.2, 0.25) is 0 Å². The van der Waals surface area contributed by atoms with E-state index in [1.54, 1.807) is 13.1 Å². The molecule has 2 atom stereocenters. The Morgan fingerprint density at radius 2 is 2.19 bits per heavy atom. The number of hydrogen-bond donors (Lipinski definition) is 1. The summed E-state index contributed by atoms with van der Waals surface area (Å²) in [5.41, 5.74) is 1.75. The molecule has 1 aliphatic rings. The number of likely N-dealkylation sites (tertiary alicyclic amines) is 1. The van der Waals surface area contributed by atoms with Crippen LogP contribution in [0, 0.1) is 11.8 Å². The van der Waals surface area contributed by atoms with E-state index in [2.05, 4.69) is 25.9 Å². The molecule has 5 nitrogen and oxygen atoms in total. The Hall–Kier alpha value is -1.36. The van der Waals surface area contributed by atoms with Gasteiger partial charge in [-0.15, -0.1) is 0 Å². The summed E-state index contributed by atoms with van der Waals surface area (Å²) in [5, 5.41) is 14.1. The third-order valence-electron chi connectivity index (χ3n) is 4.25. The standard InChI is InChI=1S/C16H27N3O2/c1-5-15-14(8-17-19(15)9-11(2)3)16(21)18-7-6-13(10-18)12(4)20/h8,11-13,20H,5-7,9-10H2,1-4H3. The fourth-order valence-corrected chi connectivity index (χ4v) is 3.00. The molecule has 0 aromatic carbocycles. The van der Waals surface area contributed by atoms with Crippen LogP contribution in [-0.4, -0.2) is 44.9 Å². The molecule has 0 spiro atoms. The Balaban J connectivity index is 2.14. The highest BCUT2D eigenvalue weighted by atomic mass is 16.3. The van der Waals surface area contributed by atoms with Crippen LogP contribution in [0.1, 0.15) is 50.2 Å². The molecule has 2 heterocycles. The lowest BCUT2D eigenvalue weighted by Gasteiger charge is -2.18. The number of hydrogen-bond acceptors (Lipinski definition) is 3. The van der Waals surface area contributed by atoms with E-state index in [-0.39, 0.29) is 17.9 Å². The van der Waals surface area contributed by atoms with Crippen molar-refractivity contribution in [3.63, 3.8) is 0 Å². The fraction of sp³-hybridized carbons (Fsp3) is 0.750. The summed E-state index contributed by atoms with van der Waals surface area (Å²) in [4.78, 5) is 14.5. The Morgan fingerprint density at radius 1 is 1.48 bits per heavy atom. The minimum atomic E-state index is -0.350. The van der Waals surface area contributed by atoms with Gasteiger partial charge in [-0.3, -0.25) is 9.48 Å². The highest BCUT2D eigenvalue weighted by Crippen LogP contribution is 2.23. The van der Waals surface area contributed by atoms with Crippen LogP contribution in [0.5, 0.6) is 0 Å². The number of rotatable bonds is 5. The molecule has 2 rings (SSSR count). The molecule has 1 aromatic heterocycles. The van der Waals surface area contributed by atoms with Crippen LogP contribution in [-0.2, 0) is 13.0 Å². The monoisotopic (exact) mass is 293 g/mol. The van der Waals surface area contributed by atoms with Crippen LogP contribution in [0.15, 0.2) is 6.20 Å². The molecule has 21 heavy (non-hydrogen) atoms. The van der Waals surface area contributed by atoms with Gasteiger partial charge < -0.3 is 10.0 Å². The van der Waals surface area contributed by atoms with Crippen molar-refractivity contribution < 1.29 is 9.90 Å². The summed E-state index contributed by atoms with van der Waals surface area (Å²) in [6, 6.07) is 0. The van der Waals surface area contributed by atoms with E-state index in [9.17, 15) is 9.90 Å². The van der Waals surface area contributed by atoms with Crippen molar-refractivity contribution in [2.24, 2.45) is 11.8 Å². The summed E-state index contributed by atoms with van der Waals surface area (Å²) in [6.07, 6.45) is 3.04. The molecule has 2 unspecified atom stereocenters. The zero-order valence-corrected chi connectivity index (χ0v) is 13.5. The van der Waals surface area contributed by atoms with Crippen molar-refractivity contribution >= 4 is 5.91 Å². The SMILES string of the molecule is CCc1c(C(=O)N2CCC(C(C)O)C2)cnn1CC(C)C. The molecule has 1 N–H and O–H groups in total. The van der Waals surface area contributed by atoms with Crippen LogP contribution < -0.4 is 0 Å². The summed E-state index contributed by atoms with van der Waals surface area (Å²) in [5.74, 6) is 0.763. The zero-order chi connectivity index (χ0) is 15.6. The van der Waals surface area contributed by atoms with Gasteiger partial charge >= 0.3 is 0 Å². The molecule has 0 aliphatic carbocycles. The number of carbonyl (C=O) groups excluding carboxylic acids is 1. The van der Waals surface area contributed by atoms with Gasteiger partial charge in [0, 0.05) is 25.6 Å². The molecule has 118 valence electrons. The third kappa shape index (κ3) is 3.46. The lowest BCUT2D eigenvalue weighted by molar-refractivity contribution is 0.0761. The van der Waals surface area contributed by atoms with Gasteiger partial charge in [-0.2, -0.15) is 5.10 Å². The summed E-state index contributed by atoms with van der Waals surface area (Å²) in [6.45, 7) is 10.4. The van der Waals surface area contributed by atoms with Crippen molar-refractivity contribution in [2.45, 2.75) is 53.2 Å². The van der Waals surface area contributed by atoms with Crippen molar-refractivity contribution in [3.8, 4) is 0 Å². The van der Waals surface area contributed by atoms with Gasteiger partial charge in [-0.25, -0.2) is 0 Å². The molecule has 1 amide bonds. The first-order chi connectivity index (χ1) is 9.93. The first-order valence-corrected chi connectivity index (χ1v) is 7.96. The molecular weight excluding hydrogens is 266 g/mol. The van der Waals surface area contributed by atoms with Crippen LogP contribution >= 0.6 is 0 Å². The van der Waals surface area contributed by atoms with Gasteiger partial charge in [0.05, 0.1) is 23.6 Å². The van der Waals surface area contributed by atoms with E-state index in [0.29, 0.717) is 12.5 Å². The van der Waals surface area contributed by atoms with Crippen molar-refractivity contribution in [2.75, 3.05) is 13.1 Å². The predicted molar refractivity (Wildman–Crippen MR) is 82.1 cm³/mol. The van der Waals surface area contributed by atoms with E-state index >= 15 is 0 Å². The molecule has 1 aromatic rings. The van der Waals surface area contributed by atoms with Crippen LogP contribution in [0.3, 0.4) is 0 Å². The highest BCUT2D eigenvalue weighted by molar-refractivity contribution is 5.95. The van der Waals surface area contributed by atoms with Crippen molar-refractivity contribution in [1.29, 1.82) is 0 Å². The zero-order valence-electron chi connectivity index (χ0n) is 13.5. The number of aliphatic hydroxyl groups is 1.